The zero-order valence-electron chi connectivity index (χ0n) is 5.78. The minimum absolute atomic E-state index is 0.786. The van der Waals surface area contributed by atoms with Gasteiger partial charge in [-0.2, -0.15) is 13.2 Å². The Morgan fingerprint density at radius 3 is 2.17 bits per heavy atom. The summed E-state index contributed by atoms with van der Waals surface area (Å²) in [6.07, 6.45) is -0.520. The van der Waals surface area contributed by atoms with Crippen molar-refractivity contribution in [2.75, 3.05) is 0 Å². The number of alkyl halides is 5. The van der Waals surface area contributed by atoms with E-state index in [4.69, 9.17) is 0 Å². The van der Waals surface area contributed by atoms with Gasteiger partial charge in [0.1, 0.15) is 5.92 Å². The molecule has 0 nitrogen and oxygen atoms in total. The van der Waals surface area contributed by atoms with Crippen molar-refractivity contribution in [1.29, 1.82) is 0 Å². The quantitative estimate of drug-likeness (QED) is 0.453. The van der Waals surface area contributed by atoms with Crippen LogP contribution in [0.3, 0.4) is 0 Å². The van der Waals surface area contributed by atoms with Crippen molar-refractivity contribution in [3.05, 3.63) is 24.3 Å². The van der Waals surface area contributed by atoms with Crippen LogP contribution in [-0.4, -0.2) is 10.8 Å². The lowest BCUT2D eigenvalue weighted by atomic mass is 9.98. The highest BCUT2D eigenvalue weighted by atomic mass is 79.9. The molecule has 0 aliphatic heterocycles. The summed E-state index contributed by atoms with van der Waals surface area (Å²) < 4.78 is 46.8. The Labute approximate surface area is 75.1 Å². The SMILES string of the molecule is FC(F)(F)C1C=CC=CC1(F)Br. The topological polar surface area (TPSA) is 0 Å². The molecule has 0 amide bonds. The zero-order valence-corrected chi connectivity index (χ0v) is 7.36. The molecular weight excluding hydrogens is 240 g/mol. The van der Waals surface area contributed by atoms with E-state index in [-0.39, 0.29) is 0 Å². The fourth-order valence-electron chi connectivity index (χ4n) is 0.918. The highest BCUT2D eigenvalue weighted by Crippen LogP contribution is 2.44. The maximum Gasteiger partial charge on any atom is 0.399 e. The molecular formula is C7H5BrF4. The third-order valence-corrected chi connectivity index (χ3v) is 2.26. The van der Waals surface area contributed by atoms with Crippen molar-refractivity contribution in [3.8, 4) is 0 Å². The third-order valence-electron chi connectivity index (χ3n) is 1.50. The number of halogens is 5. The fraction of sp³-hybridized carbons (Fsp3) is 0.429. The minimum atomic E-state index is -4.56. The van der Waals surface area contributed by atoms with Gasteiger partial charge in [-0.1, -0.05) is 18.2 Å². The monoisotopic (exact) mass is 244 g/mol. The van der Waals surface area contributed by atoms with Gasteiger partial charge in [-0.05, 0) is 22.0 Å². The van der Waals surface area contributed by atoms with Crippen molar-refractivity contribution < 1.29 is 17.6 Å². The van der Waals surface area contributed by atoms with Gasteiger partial charge in [0.25, 0.3) is 0 Å². The molecule has 0 aromatic rings. The summed E-state index contributed by atoms with van der Waals surface area (Å²) in [7, 11) is 0. The van der Waals surface area contributed by atoms with E-state index in [0.717, 1.165) is 12.2 Å². The van der Waals surface area contributed by atoms with Crippen LogP contribution in [0.5, 0.6) is 0 Å². The van der Waals surface area contributed by atoms with Crippen LogP contribution in [0.2, 0.25) is 0 Å². The van der Waals surface area contributed by atoms with Crippen LogP contribution in [0.25, 0.3) is 0 Å². The summed E-state index contributed by atoms with van der Waals surface area (Å²) >= 11 is 2.37. The number of hydrogen-bond donors (Lipinski definition) is 0. The Hall–Kier alpha value is -0.320. The molecule has 0 N–H and O–H groups in total. The van der Waals surface area contributed by atoms with Gasteiger partial charge in [0, 0.05) is 0 Å². The van der Waals surface area contributed by atoms with E-state index in [2.05, 4.69) is 15.9 Å². The van der Waals surface area contributed by atoms with Gasteiger partial charge in [0.05, 0.1) is 0 Å². The van der Waals surface area contributed by atoms with Crippen LogP contribution >= 0.6 is 15.9 Å². The van der Waals surface area contributed by atoms with E-state index >= 15 is 0 Å². The predicted octanol–water partition coefficient (Wildman–Crippen LogP) is 3.35. The average molecular weight is 245 g/mol. The van der Waals surface area contributed by atoms with Gasteiger partial charge < -0.3 is 0 Å². The molecule has 0 bridgehead atoms. The Kier molecular flexibility index (Phi) is 2.33. The summed E-state index contributed by atoms with van der Waals surface area (Å²) in [5.74, 6) is -2.10. The van der Waals surface area contributed by atoms with E-state index in [1.807, 2.05) is 0 Å². The highest BCUT2D eigenvalue weighted by Gasteiger charge is 2.51. The van der Waals surface area contributed by atoms with E-state index in [9.17, 15) is 17.6 Å². The number of allylic oxidation sites excluding steroid dienone is 4. The molecule has 0 heterocycles. The molecule has 68 valence electrons. The standard InChI is InChI=1S/C7H5BrF4/c8-6(9)4-2-1-3-5(6)7(10,11)12/h1-5H. The van der Waals surface area contributed by atoms with Crippen molar-refractivity contribution in [3.63, 3.8) is 0 Å². The number of hydrogen-bond acceptors (Lipinski definition) is 0. The molecule has 0 saturated heterocycles. The molecule has 1 rings (SSSR count). The van der Waals surface area contributed by atoms with Gasteiger partial charge in [-0.3, -0.25) is 0 Å². The first-order chi connectivity index (χ1) is 5.34. The third kappa shape index (κ3) is 1.88. The Morgan fingerprint density at radius 1 is 1.25 bits per heavy atom. The first-order valence-electron chi connectivity index (χ1n) is 3.14. The predicted molar refractivity (Wildman–Crippen MR) is 40.6 cm³/mol. The molecule has 0 aromatic carbocycles. The maximum absolute atomic E-state index is 13.1. The largest absolute Gasteiger partial charge is 0.399 e. The molecule has 2 unspecified atom stereocenters. The molecule has 0 spiro atoms. The van der Waals surface area contributed by atoms with Crippen LogP contribution in [0.15, 0.2) is 24.3 Å². The summed E-state index contributed by atoms with van der Waals surface area (Å²) in [4.78, 5) is 0. The first kappa shape index (κ1) is 9.77. The van der Waals surface area contributed by atoms with Crippen molar-refractivity contribution >= 4 is 15.9 Å². The fourth-order valence-corrected chi connectivity index (χ4v) is 1.48. The van der Waals surface area contributed by atoms with Crippen LogP contribution in [0, 0.1) is 5.92 Å². The molecule has 12 heavy (non-hydrogen) atoms. The Bertz CT molecular complexity index is 226. The summed E-state index contributed by atoms with van der Waals surface area (Å²) in [5, 5.41) is 0. The van der Waals surface area contributed by atoms with E-state index in [1.165, 1.54) is 12.2 Å². The lowest BCUT2D eigenvalue weighted by Crippen LogP contribution is -2.36. The number of rotatable bonds is 0. The van der Waals surface area contributed by atoms with E-state index in [1.54, 1.807) is 0 Å². The highest BCUT2D eigenvalue weighted by molar-refractivity contribution is 9.10. The molecule has 0 radical (unpaired) electrons. The molecule has 0 fully saturated rings. The summed E-state index contributed by atoms with van der Waals surface area (Å²) in [6, 6.07) is 0. The van der Waals surface area contributed by atoms with E-state index in [0.29, 0.717) is 0 Å². The van der Waals surface area contributed by atoms with Crippen LogP contribution in [0.1, 0.15) is 0 Å². The molecule has 0 saturated carbocycles. The van der Waals surface area contributed by atoms with Gasteiger partial charge in [0.2, 0.25) is 0 Å². The van der Waals surface area contributed by atoms with Crippen molar-refractivity contribution in [2.45, 2.75) is 10.8 Å². The molecule has 5 heteroatoms. The van der Waals surface area contributed by atoms with Gasteiger partial charge in [-0.15, -0.1) is 0 Å². The molecule has 1 aliphatic rings. The van der Waals surface area contributed by atoms with Crippen LogP contribution in [-0.2, 0) is 0 Å². The zero-order chi connectivity index (χ0) is 9.41. The normalized spacial score (nSPS) is 35.6. The molecule has 2 atom stereocenters. The van der Waals surface area contributed by atoms with Gasteiger partial charge in [0.15, 0.2) is 4.58 Å². The second-order valence-corrected chi connectivity index (χ2v) is 3.65. The second kappa shape index (κ2) is 2.87. The van der Waals surface area contributed by atoms with Crippen LogP contribution < -0.4 is 0 Å². The maximum atomic E-state index is 13.1. The smallest absolute Gasteiger partial charge is 0.226 e. The van der Waals surface area contributed by atoms with Gasteiger partial charge in [-0.25, -0.2) is 4.39 Å². The second-order valence-electron chi connectivity index (χ2n) is 2.44. The Balaban J connectivity index is 2.92. The first-order valence-corrected chi connectivity index (χ1v) is 3.94. The molecule has 1 aliphatic carbocycles. The summed E-state index contributed by atoms with van der Waals surface area (Å²) in [6.45, 7) is 0. The van der Waals surface area contributed by atoms with Crippen molar-refractivity contribution in [2.24, 2.45) is 5.92 Å². The summed E-state index contributed by atoms with van der Waals surface area (Å²) in [5.41, 5.74) is 0. The lowest BCUT2D eigenvalue weighted by molar-refractivity contribution is -0.175. The Morgan fingerprint density at radius 2 is 1.83 bits per heavy atom. The van der Waals surface area contributed by atoms with E-state index < -0.39 is 16.7 Å². The van der Waals surface area contributed by atoms with Crippen LogP contribution in [0.4, 0.5) is 17.6 Å². The average Bonchev–Trinajstić information content (AvgIpc) is 1.83. The minimum Gasteiger partial charge on any atom is -0.226 e. The van der Waals surface area contributed by atoms with Crippen molar-refractivity contribution in [1.82, 2.24) is 0 Å². The molecule has 0 aromatic heterocycles. The lowest BCUT2D eigenvalue weighted by Gasteiger charge is -2.27. The van der Waals surface area contributed by atoms with Gasteiger partial charge >= 0.3 is 6.18 Å².